The molecule has 3 aromatic rings. The summed E-state index contributed by atoms with van der Waals surface area (Å²) in [6.45, 7) is 4.26. The Kier molecular flexibility index (Phi) is 5.47. The van der Waals surface area contributed by atoms with Gasteiger partial charge in [0.05, 0.1) is 17.9 Å². The Morgan fingerprint density at radius 2 is 1.94 bits per heavy atom. The number of carboxylic acids is 1. The predicted octanol–water partition coefficient (Wildman–Crippen LogP) is 5.06. The summed E-state index contributed by atoms with van der Waals surface area (Å²) in [5.74, 6) is -1.41. The maximum Gasteiger partial charge on any atom is 0.339 e. The Morgan fingerprint density at radius 1 is 1.24 bits per heavy atom. The van der Waals surface area contributed by atoms with E-state index in [1.54, 1.807) is 31.3 Å². The molecule has 0 radical (unpaired) electrons. The second-order valence-electron chi connectivity index (χ2n) is 9.60. The zero-order chi connectivity index (χ0) is 24.2. The predicted molar refractivity (Wildman–Crippen MR) is 127 cm³/mol. The molecular formula is C27H28FNO5. The lowest BCUT2D eigenvalue weighted by molar-refractivity contribution is -0.175. The van der Waals surface area contributed by atoms with E-state index < -0.39 is 23.5 Å². The van der Waals surface area contributed by atoms with Crippen LogP contribution >= 0.6 is 0 Å². The van der Waals surface area contributed by atoms with Crippen molar-refractivity contribution in [3.05, 3.63) is 63.3 Å². The number of aliphatic carboxylic acids is 1. The van der Waals surface area contributed by atoms with Crippen molar-refractivity contribution in [1.82, 2.24) is 4.57 Å². The van der Waals surface area contributed by atoms with Gasteiger partial charge in [0.1, 0.15) is 0 Å². The molecule has 2 aliphatic rings. The van der Waals surface area contributed by atoms with E-state index in [0.717, 1.165) is 36.8 Å². The molecule has 1 aromatic heterocycles. The van der Waals surface area contributed by atoms with Crippen LogP contribution in [0.3, 0.4) is 0 Å². The van der Waals surface area contributed by atoms with Crippen LogP contribution in [0.25, 0.3) is 21.9 Å². The molecule has 1 aliphatic carbocycles. The topological polar surface area (TPSA) is 77.8 Å². The quantitative estimate of drug-likeness (QED) is 0.570. The molecule has 34 heavy (non-hydrogen) atoms. The number of nitrogens with zero attached hydrogens (tertiary/aromatic N) is 1. The molecule has 5 rings (SSSR count). The number of hydrogen-bond acceptors (Lipinski definition) is 4. The lowest BCUT2D eigenvalue weighted by atomic mass is 9.81. The zero-order valence-electron chi connectivity index (χ0n) is 19.6. The second kappa shape index (κ2) is 8.24. The number of halogens is 1. The summed E-state index contributed by atoms with van der Waals surface area (Å²) in [6, 6.07) is 8.46. The fraction of sp³-hybridized carbons (Fsp3) is 0.407. The van der Waals surface area contributed by atoms with E-state index in [0.29, 0.717) is 34.9 Å². The Bertz CT molecular complexity index is 1370. The van der Waals surface area contributed by atoms with Crippen LogP contribution in [0.4, 0.5) is 4.39 Å². The fourth-order valence-corrected chi connectivity index (χ4v) is 5.29. The fourth-order valence-electron chi connectivity index (χ4n) is 5.29. The third-order valence-corrected chi connectivity index (χ3v) is 7.34. The number of ether oxygens (including phenoxy) is 2. The molecule has 0 saturated heterocycles. The first-order valence-corrected chi connectivity index (χ1v) is 11.7. The third kappa shape index (κ3) is 3.50. The standard InChI is InChI=1S/C27H28FNO5/c1-15-16-10-6-13-33-23(16)20(28)14-19(15)21-17-8-4-5-9-18(17)25(30)29(3)22(21)24(26(31)32)34-27(2)11-7-12-27/h4-5,8-9,14,24H,6-7,10-13H2,1-3H3,(H,31,32). The van der Waals surface area contributed by atoms with Gasteiger partial charge in [-0.15, -0.1) is 0 Å². The second-order valence-corrected chi connectivity index (χ2v) is 9.60. The molecule has 7 heteroatoms. The summed E-state index contributed by atoms with van der Waals surface area (Å²) >= 11 is 0. The van der Waals surface area contributed by atoms with Crippen LogP contribution in [0.1, 0.15) is 55.5 Å². The number of hydrogen-bond donors (Lipinski definition) is 1. The van der Waals surface area contributed by atoms with E-state index in [4.69, 9.17) is 9.47 Å². The highest BCUT2D eigenvalue weighted by Gasteiger charge is 2.40. The average Bonchev–Trinajstić information content (AvgIpc) is 2.81. The highest BCUT2D eigenvalue weighted by atomic mass is 19.1. The van der Waals surface area contributed by atoms with Gasteiger partial charge in [0.15, 0.2) is 17.7 Å². The van der Waals surface area contributed by atoms with E-state index in [2.05, 4.69) is 0 Å². The van der Waals surface area contributed by atoms with Gasteiger partial charge in [0.25, 0.3) is 5.56 Å². The van der Waals surface area contributed by atoms with Gasteiger partial charge in [0.2, 0.25) is 0 Å². The maximum atomic E-state index is 15.3. The van der Waals surface area contributed by atoms with Crippen molar-refractivity contribution in [1.29, 1.82) is 0 Å². The van der Waals surface area contributed by atoms with Crippen molar-refractivity contribution in [2.24, 2.45) is 7.05 Å². The number of fused-ring (bicyclic) bond motifs is 2. The number of carbonyl (C=O) groups is 1. The summed E-state index contributed by atoms with van der Waals surface area (Å²) in [5, 5.41) is 11.3. The van der Waals surface area contributed by atoms with Gasteiger partial charge >= 0.3 is 5.97 Å². The molecule has 0 amide bonds. The molecule has 1 fully saturated rings. The summed E-state index contributed by atoms with van der Waals surface area (Å²) in [4.78, 5) is 25.9. The van der Waals surface area contributed by atoms with Gasteiger partial charge in [-0.1, -0.05) is 18.2 Å². The van der Waals surface area contributed by atoms with Crippen LogP contribution in [0, 0.1) is 12.7 Å². The Morgan fingerprint density at radius 3 is 2.59 bits per heavy atom. The van der Waals surface area contributed by atoms with E-state index in [1.165, 1.54) is 10.6 Å². The minimum atomic E-state index is -1.38. The molecule has 178 valence electrons. The number of aromatic nitrogens is 1. The third-order valence-electron chi connectivity index (χ3n) is 7.34. The SMILES string of the molecule is Cc1c(-c2c(C(OC3(C)CCC3)C(=O)O)n(C)c(=O)c3ccccc23)cc(F)c2c1CCCO2. The van der Waals surface area contributed by atoms with Crippen LogP contribution < -0.4 is 10.3 Å². The Hall–Kier alpha value is -3.19. The molecule has 0 bridgehead atoms. The largest absolute Gasteiger partial charge is 0.490 e. The van der Waals surface area contributed by atoms with Crippen LogP contribution in [0.2, 0.25) is 0 Å². The Balaban J connectivity index is 1.86. The van der Waals surface area contributed by atoms with E-state index in [-0.39, 0.29) is 17.0 Å². The normalized spacial score (nSPS) is 17.5. The number of benzene rings is 2. The van der Waals surface area contributed by atoms with Gasteiger partial charge in [-0.2, -0.15) is 0 Å². The minimum Gasteiger partial charge on any atom is -0.490 e. The summed E-state index contributed by atoms with van der Waals surface area (Å²) in [7, 11) is 1.56. The van der Waals surface area contributed by atoms with E-state index in [1.807, 2.05) is 13.8 Å². The molecule has 1 aliphatic heterocycles. The van der Waals surface area contributed by atoms with Crippen LogP contribution in [-0.2, 0) is 23.0 Å². The van der Waals surface area contributed by atoms with Crippen molar-refractivity contribution < 1.29 is 23.8 Å². The Labute approximate surface area is 196 Å². The van der Waals surface area contributed by atoms with Crippen molar-refractivity contribution in [3.63, 3.8) is 0 Å². The smallest absolute Gasteiger partial charge is 0.339 e. The number of pyridine rings is 1. The molecule has 1 unspecified atom stereocenters. The monoisotopic (exact) mass is 465 g/mol. The zero-order valence-corrected chi connectivity index (χ0v) is 19.6. The number of carboxylic acid groups (broad SMARTS) is 1. The highest BCUT2D eigenvalue weighted by molar-refractivity contribution is 5.99. The van der Waals surface area contributed by atoms with Crippen molar-refractivity contribution in [3.8, 4) is 16.9 Å². The van der Waals surface area contributed by atoms with Gasteiger partial charge in [-0.3, -0.25) is 4.79 Å². The molecule has 2 heterocycles. The van der Waals surface area contributed by atoms with Gasteiger partial charge < -0.3 is 19.1 Å². The summed E-state index contributed by atoms with van der Waals surface area (Å²) in [6.07, 6.45) is 2.52. The molecule has 2 aromatic carbocycles. The van der Waals surface area contributed by atoms with Gasteiger partial charge in [-0.05, 0) is 74.6 Å². The van der Waals surface area contributed by atoms with Crippen molar-refractivity contribution >= 4 is 16.7 Å². The van der Waals surface area contributed by atoms with Crippen LogP contribution in [0.5, 0.6) is 5.75 Å². The molecule has 1 saturated carbocycles. The van der Waals surface area contributed by atoms with Crippen LogP contribution in [-0.4, -0.2) is 27.9 Å². The van der Waals surface area contributed by atoms with Crippen molar-refractivity contribution in [2.45, 2.75) is 57.7 Å². The van der Waals surface area contributed by atoms with Gasteiger partial charge in [0, 0.05) is 23.6 Å². The minimum absolute atomic E-state index is 0.225. The average molecular weight is 466 g/mol. The lowest BCUT2D eigenvalue weighted by Gasteiger charge is -2.40. The van der Waals surface area contributed by atoms with Gasteiger partial charge in [-0.25, -0.2) is 9.18 Å². The number of rotatable bonds is 5. The summed E-state index contributed by atoms with van der Waals surface area (Å²) in [5.41, 5.74) is 2.00. The highest BCUT2D eigenvalue weighted by Crippen LogP contribution is 2.45. The van der Waals surface area contributed by atoms with E-state index >= 15 is 4.39 Å². The molecular weight excluding hydrogens is 437 g/mol. The first-order valence-electron chi connectivity index (χ1n) is 11.7. The molecule has 1 N–H and O–H groups in total. The molecule has 1 atom stereocenters. The summed E-state index contributed by atoms with van der Waals surface area (Å²) < 4.78 is 28.4. The first kappa shape index (κ1) is 22.6. The van der Waals surface area contributed by atoms with E-state index in [9.17, 15) is 14.7 Å². The molecule has 0 spiro atoms. The van der Waals surface area contributed by atoms with Crippen LogP contribution in [0.15, 0.2) is 35.1 Å². The van der Waals surface area contributed by atoms with Crippen molar-refractivity contribution in [2.75, 3.05) is 6.61 Å². The first-order chi connectivity index (χ1) is 16.2. The molecule has 6 nitrogen and oxygen atoms in total. The lowest BCUT2D eigenvalue weighted by Crippen LogP contribution is -2.41. The maximum absolute atomic E-state index is 15.3.